The van der Waals surface area contributed by atoms with E-state index < -0.39 is 0 Å². The van der Waals surface area contributed by atoms with E-state index in [4.69, 9.17) is 0 Å². The summed E-state index contributed by atoms with van der Waals surface area (Å²) in [6.45, 7) is 7.34. The Morgan fingerprint density at radius 1 is 1.07 bits per heavy atom. The van der Waals surface area contributed by atoms with E-state index in [0.29, 0.717) is 17.8 Å². The zero-order valence-corrected chi connectivity index (χ0v) is 15.9. The van der Waals surface area contributed by atoms with E-state index in [-0.39, 0.29) is 5.91 Å². The highest BCUT2D eigenvalue weighted by Gasteiger charge is 2.15. The molecule has 0 saturated heterocycles. The summed E-state index contributed by atoms with van der Waals surface area (Å²) in [6, 6.07) is 1.81. The fourth-order valence-electron chi connectivity index (χ4n) is 3.13. The topological polar surface area (TPSA) is 92.7 Å². The summed E-state index contributed by atoms with van der Waals surface area (Å²) in [6.07, 6.45) is 10.5. The molecule has 0 radical (unpaired) electrons. The van der Waals surface area contributed by atoms with Gasteiger partial charge in [0.15, 0.2) is 11.3 Å². The number of hydrogen-bond acceptors (Lipinski definition) is 6. The second kappa shape index (κ2) is 7.73. The maximum atomic E-state index is 12.6. The predicted molar refractivity (Wildman–Crippen MR) is 104 cm³/mol. The van der Waals surface area contributed by atoms with Crippen molar-refractivity contribution in [1.82, 2.24) is 39.4 Å². The molecule has 4 aromatic rings. The van der Waals surface area contributed by atoms with E-state index in [2.05, 4.69) is 44.2 Å². The van der Waals surface area contributed by atoms with Crippen LogP contribution >= 0.6 is 0 Å². The minimum atomic E-state index is -0.228. The van der Waals surface area contributed by atoms with E-state index in [0.717, 1.165) is 36.4 Å². The third kappa shape index (κ3) is 3.44. The van der Waals surface area contributed by atoms with Crippen molar-refractivity contribution < 1.29 is 4.79 Å². The van der Waals surface area contributed by atoms with Crippen molar-refractivity contribution in [2.45, 2.75) is 26.9 Å². The van der Waals surface area contributed by atoms with Crippen LogP contribution in [0.15, 0.2) is 43.2 Å². The number of fused-ring (bicyclic) bond motifs is 2. The minimum absolute atomic E-state index is 0.228. The molecule has 0 saturated carbocycles. The number of amides is 1. The summed E-state index contributed by atoms with van der Waals surface area (Å²) >= 11 is 0. The van der Waals surface area contributed by atoms with E-state index >= 15 is 0 Å². The fraction of sp³-hybridized carbons (Fsp3) is 0.316. The zero-order chi connectivity index (χ0) is 19.5. The zero-order valence-electron chi connectivity index (χ0n) is 15.9. The Bertz CT molecular complexity index is 1110. The number of carbonyl (C=O) groups is 1. The van der Waals surface area contributed by atoms with Crippen LogP contribution < -0.4 is 5.32 Å². The van der Waals surface area contributed by atoms with E-state index in [1.165, 1.54) is 0 Å². The summed E-state index contributed by atoms with van der Waals surface area (Å²) < 4.78 is 3.33. The molecule has 0 aliphatic heterocycles. The maximum Gasteiger partial charge on any atom is 0.257 e. The molecule has 0 atom stereocenters. The van der Waals surface area contributed by atoms with Crippen molar-refractivity contribution in [1.29, 1.82) is 0 Å². The Morgan fingerprint density at radius 3 is 2.71 bits per heavy atom. The highest BCUT2D eigenvalue weighted by atomic mass is 16.1. The van der Waals surface area contributed by atoms with Gasteiger partial charge in [-0.15, -0.1) is 0 Å². The van der Waals surface area contributed by atoms with Crippen molar-refractivity contribution in [3.8, 4) is 0 Å². The highest BCUT2D eigenvalue weighted by molar-refractivity contribution is 5.99. The first kappa shape index (κ1) is 18.1. The molecule has 1 amide bonds. The number of nitrogens with zero attached hydrogens (tertiary/aromatic N) is 7. The van der Waals surface area contributed by atoms with Gasteiger partial charge in [-0.3, -0.25) is 9.69 Å². The van der Waals surface area contributed by atoms with Gasteiger partial charge in [0, 0.05) is 49.0 Å². The molecule has 144 valence electrons. The first-order valence-corrected chi connectivity index (χ1v) is 9.29. The van der Waals surface area contributed by atoms with Gasteiger partial charge in [-0.05, 0) is 19.2 Å². The number of aromatic nitrogens is 6. The van der Waals surface area contributed by atoms with Gasteiger partial charge in [-0.1, -0.05) is 13.8 Å². The lowest BCUT2D eigenvalue weighted by atomic mass is 10.2. The van der Waals surface area contributed by atoms with Crippen LogP contribution in [-0.2, 0) is 13.1 Å². The van der Waals surface area contributed by atoms with Crippen LogP contribution in [-0.4, -0.2) is 53.1 Å². The van der Waals surface area contributed by atoms with E-state index in [9.17, 15) is 4.79 Å². The Balaban J connectivity index is 1.49. The quantitative estimate of drug-likeness (QED) is 0.524. The lowest BCUT2D eigenvalue weighted by molar-refractivity contribution is 0.0952. The van der Waals surface area contributed by atoms with Gasteiger partial charge < -0.3 is 5.32 Å². The summed E-state index contributed by atoms with van der Waals surface area (Å²) in [4.78, 5) is 23.7. The van der Waals surface area contributed by atoms with Crippen LogP contribution in [0.25, 0.3) is 11.3 Å². The molecular weight excluding hydrogens is 356 g/mol. The number of rotatable bonds is 7. The first-order chi connectivity index (χ1) is 13.7. The van der Waals surface area contributed by atoms with Crippen molar-refractivity contribution in [2.75, 3.05) is 13.1 Å². The molecule has 4 aromatic heterocycles. The van der Waals surface area contributed by atoms with Gasteiger partial charge in [-0.25, -0.2) is 19.0 Å². The van der Waals surface area contributed by atoms with E-state index in [1.54, 1.807) is 33.8 Å². The molecule has 1 N–H and O–H groups in total. The average molecular weight is 378 g/mol. The van der Waals surface area contributed by atoms with Gasteiger partial charge in [-0.2, -0.15) is 10.2 Å². The Morgan fingerprint density at radius 2 is 1.89 bits per heavy atom. The largest absolute Gasteiger partial charge is 0.348 e. The lowest BCUT2D eigenvalue weighted by Gasteiger charge is -2.17. The Hall–Kier alpha value is -3.33. The monoisotopic (exact) mass is 378 g/mol. The third-order valence-electron chi connectivity index (χ3n) is 4.75. The molecule has 9 heteroatoms. The molecule has 0 aliphatic carbocycles. The first-order valence-electron chi connectivity index (χ1n) is 9.29. The average Bonchev–Trinajstić information content (AvgIpc) is 3.34. The second-order valence-corrected chi connectivity index (χ2v) is 6.49. The molecule has 4 rings (SSSR count). The van der Waals surface area contributed by atoms with Gasteiger partial charge >= 0.3 is 0 Å². The third-order valence-corrected chi connectivity index (χ3v) is 4.75. The fourth-order valence-corrected chi connectivity index (χ4v) is 3.13. The summed E-state index contributed by atoms with van der Waals surface area (Å²) in [5.41, 5.74) is 3.61. The molecule has 28 heavy (non-hydrogen) atoms. The van der Waals surface area contributed by atoms with Gasteiger partial charge in [0.05, 0.1) is 12.4 Å². The van der Waals surface area contributed by atoms with Gasteiger partial charge in [0.25, 0.3) is 5.91 Å². The summed E-state index contributed by atoms with van der Waals surface area (Å²) in [7, 11) is 0. The Labute approximate surface area is 162 Å². The number of carbonyl (C=O) groups excluding carboxylic acids is 1. The molecule has 9 nitrogen and oxygen atoms in total. The van der Waals surface area contributed by atoms with Crippen molar-refractivity contribution >= 4 is 17.2 Å². The van der Waals surface area contributed by atoms with Crippen LogP contribution in [0.2, 0.25) is 0 Å². The van der Waals surface area contributed by atoms with E-state index in [1.807, 2.05) is 18.5 Å². The van der Waals surface area contributed by atoms with Gasteiger partial charge in [0.2, 0.25) is 0 Å². The molecule has 0 bridgehead atoms. The summed E-state index contributed by atoms with van der Waals surface area (Å²) in [5.74, 6) is -0.228. The molecule has 0 fully saturated rings. The standard InChI is InChI=1S/C19H22N8O/c1-3-25(4-2)12-14-8-21-18-16(11-24-27(18)13-14)19(28)22-9-15-10-23-26-7-5-6-20-17(15)26/h5-8,10-11,13H,3-4,9,12H2,1-2H3,(H,22,28). The van der Waals surface area contributed by atoms with Crippen LogP contribution in [0.5, 0.6) is 0 Å². The molecule has 0 aliphatic rings. The van der Waals surface area contributed by atoms with Crippen molar-refractivity contribution in [2.24, 2.45) is 0 Å². The minimum Gasteiger partial charge on any atom is -0.348 e. The van der Waals surface area contributed by atoms with Crippen LogP contribution in [0.4, 0.5) is 0 Å². The molecule has 4 heterocycles. The molecule has 0 spiro atoms. The van der Waals surface area contributed by atoms with Crippen molar-refractivity contribution in [3.05, 3.63) is 59.9 Å². The normalized spacial score (nSPS) is 11.5. The Kier molecular flexibility index (Phi) is 4.98. The maximum absolute atomic E-state index is 12.6. The summed E-state index contributed by atoms with van der Waals surface area (Å²) in [5, 5.41) is 11.4. The van der Waals surface area contributed by atoms with Crippen LogP contribution in [0, 0.1) is 0 Å². The van der Waals surface area contributed by atoms with Gasteiger partial charge in [0.1, 0.15) is 5.56 Å². The molecule has 0 unspecified atom stereocenters. The van der Waals surface area contributed by atoms with Crippen LogP contribution in [0.1, 0.15) is 35.3 Å². The smallest absolute Gasteiger partial charge is 0.257 e. The van der Waals surface area contributed by atoms with Crippen LogP contribution in [0.3, 0.4) is 0 Å². The number of hydrogen-bond donors (Lipinski definition) is 1. The lowest BCUT2D eigenvalue weighted by Crippen LogP contribution is -2.23. The highest BCUT2D eigenvalue weighted by Crippen LogP contribution is 2.12. The SMILES string of the molecule is CCN(CC)Cc1cnc2c(C(=O)NCc3cnn4cccnc34)cnn2c1. The second-order valence-electron chi connectivity index (χ2n) is 6.49. The molecule has 0 aromatic carbocycles. The van der Waals surface area contributed by atoms with Crippen molar-refractivity contribution in [3.63, 3.8) is 0 Å². The molecular formula is C19H22N8O. The number of nitrogens with one attached hydrogen (secondary N) is 1. The predicted octanol–water partition coefficient (Wildman–Crippen LogP) is 1.54.